The van der Waals surface area contributed by atoms with Crippen LogP contribution in [0.5, 0.6) is 0 Å². The fraction of sp³-hybridized carbons (Fsp3) is 0.500. The van der Waals surface area contributed by atoms with Gasteiger partial charge in [0.15, 0.2) is 0 Å². The van der Waals surface area contributed by atoms with Crippen LogP contribution in [0, 0.1) is 16.0 Å². The third-order valence-corrected chi connectivity index (χ3v) is 4.16. The summed E-state index contributed by atoms with van der Waals surface area (Å²) in [4.78, 5) is 22.8. The quantitative estimate of drug-likeness (QED) is 0.659. The van der Waals surface area contributed by atoms with Crippen LogP contribution in [0.15, 0.2) is 18.2 Å². The van der Waals surface area contributed by atoms with E-state index in [-0.39, 0.29) is 28.2 Å². The zero-order valence-corrected chi connectivity index (χ0v) is 12.3. The Bertz CT molecular complexity index is 550. The summed E-state index contributed by atoms with van der Waals surface area (Å²) in [5.41, 5.74) is 5.48. The summed E-state index contributed by atoms with van der Waals surface area (Å²) in [5, 5.41) is 14.2. The average molecular weight is 312 g/mol. The molecule has 0 heterocycles. The molecule has 1 fully saturated rings. The van der Waals surface area contributed by atoms with Crippen LogP contribution in [-0.2, 0) is 0 Å². The fourth-order valence-electron chi connectivity index (χ4n) is 2.77. The molecule has 1 aromatic rings. The van der Waals surface area contributed by atoms with E-state index in [0.29, 0.717) is 6.54 Å². The van der Waals surface area contributed by atoms with Gasteiger partial charge >= 0.3 is 0 Å². The topological polar surface area (TPSA) is 98.3 Å². The number of benzene rings is 1. The molecule has 7 heteroatoms. The van der Waals surface area contributed by atoms with Gasteiger partial charge in [-0.05, 0) is 37.4 Å². The van der Waals surface area contributed by atoms with E-state index in [2.05, 4.69) is 5.32 Å². The van der Waals surface area contributed by atoms with Gasteiger partial charge in [0.05, 0.1) is 4.92 Å². The molecule has 1 aromatic carbocycles. The molecule has 1 aliphatic rings. The van der Waals surface area contributed by atoms with Crippen LogP contribution in [0.2, 0.25) is 5.02 Å². The summed E-state index contributed by atoms with van der Waals surface area (Å²) in [6, 6.07) is 4.03. The Balaban J connectivity index is 2.18. The second-order valence-electron chi connectivity index (χ2n) is 5.28. The van der Waals surface area contributed by atoms with E-state index in [1.807, 2.05) is 0 Å². The van der Waals surface area contributed by atoms with Crippen molar-refractivity contribution in [2.24, 2.45) is 11.7 Å². The van der Waals surface area contributed by atoms with Gasteiger partial charge in [-0.2, -0.15) is 0 Å². The van der Waals surface area contributed by atoms with Crippen molar-refractivity contribution < 1.29 is 9.72 Å². The summed E-state index contributed by atoms with van der Waals surface area (Å²) in [5.74, 6) is -0.210. The number of nitrogens with two attached hydrogens (primary N) is 1. The summed E-state index contributed by atoms with van der Waals surface area (Å²) in [6.07, 6.45) is 3.97. The van der Waals surface area contributed by atoms with E-state index in [0.717, 1.165) is 25.7 Å². The number of hydrogen-bond acceptors (Lipinski definition) is 4. The van der Waals surface area contributed by atoms with Crippen molar-refractivity contribution in [3.05, 3.63) is 38.9 Å². The molecule has 0 bridgehead atoms. The highest BCUT2D eigenvalue weighted by atomic mass is 35.5. The zero-order chi connectivity index (χ0) is 15.4. The first-order chi connectivity index (χ1) is 10.0. The average Bonchev–Trinajstić information content (AvgIpc) is 2.47. The Labute approximate surface area is 127 Å². The highest BCUT2D eigenvalue weighted by Gasteiger charge is 2.28. The number of rotatable bonds is 4. The lowest BCUT2D eigenvalue weighted by atomic mass is 9.84. The SMILES string of the molecule is NCC1CCCCC1NC(=O)c1ccc(Cl)cc1[N+](=O)[O-]. The van der Waals surface area contributed by atoms with Gasteiger partial charge in [0, 0.05) is 17.1 Å². The van der Waals surface area contributed by atoms with Gasteiger partial charge in [0.2, 0.25) is 0 Å². The molecular weight excluding hydrogens is 294 g/mol. The maximum atomic E-state index is 12.3. The second-order valence-corrected chi connectivity index (χ2v) is 5.72. The van der Waals surface area contributed by atoms with Gasteiger partial charge in [0.1, 0.15) is 5.56 Å². The number of nitro benzene ring substituents is 1. The second kappa shape index (κ2) is 6.87. The number of carbonyl (C=O) groups is 1. The lowest BCUT2D eigenvalue weighted by molar-refractivity contribution is -0.385. The fourth-order valence-corrected chi connectivity index (χ4v) is 2.94. The molecule has 0 aromatic heterocycles. The van der Waals surface area contributed by atoms with E-state index in [9.17, 15) is 14.9 Å². The van der Waals surface area contributed by atoms with Crippen molar-refractivity contribution in [1.29, 1.82) is 0 Å². The van der Waals surface area contributed by atoms with E-state index in [4.69, 9.17) is 17.3 Å². The van der Waals surface area contributed by atoms with Crippen molar-refractivity contribution in [1.82, 2.24) is 5.32 Å². The summed E-state index contributed by atoms with van der Waals surface area (Å²) < 4.78 is 0. The van der Waals surface area contributed by atoms with Gasteiger partial charge in [0.25, 0.3) is 11.6 Å². The van der Waals surface area contributed by atoms with Crippen LogP contribution in [-0.4, -0.2) is 23.4 Å². The predicted molar refractivity (Wildman–Crippen MR) is 80.4 cm³/mol. The third-order valence-electron chi connectivity index (χ3n) is 3.93. The first kappa shape index (κ1) is 15.7. The van der Waals surface area contributed by atoms with Crippen molar-refractivity contribution in [3.8, 4) is 0 Å². The molecule has 114 valence electrons. The summed E-state index contributed by atoms with van der Waals surface area (Å²) in [6.45, 7) is 0.508. The summed E-state index contributed by atoms with van der Waals surface area (Å²) in [7, 11) is 0. The molecule has 0 radical (unpaired) electrons. The lowest BCUT2D eigenvalue weighted by Crippen LogP contribution is -2.44. The van der Waals surface area contributed by atoms with Crippen molar-refractivity contribution in [2.45, 2.75) is 31.7 Å². The zero-order valence-electron chi connectivity index (χ0n) is 11.5. The molecule has 6 nitrogen and oxygen atoms in total. The standard InChI is InChI=1S/C14H18ClN3O3/c15-10-5-6-11(13(7-10)18(20)21)14(19)17-12-4-2-1-3-9(12)8-16/h5-7,9,12H,1-4,8,16H2,(H,17,19). The van der Waals surface area contributed by atoms with Crippen molar-refractivity contribution in [2.75, 3.05) is 6.54 Å². The molecule has 0 saturated heterocycles. The monoisotopic (exact) mass is 311 g/mol. The smallest absolute Gasteiger partial charge is 0.283 e. The van der Waals surface area contributed by atoms with Crippen LogP contribution in [0.4, 0.5) is 5.69 Å². The van der Waals surface area contributed by atoms with Crippen molar-refractivity contribution in [3.63, 3.8) is 0 Å². The van der Waals surface area contributed by atoms with Crippen LogP contribution in [0.3, 0.4) is 0 Å². The van der Waals surface area contributed by atoms with Gasteiger partial charge in [-0.1, -0.05) is 24.4 Å². The van der Waals surface area contributed by atoms with Gasteiger partial charge in [-0.15, -0.1) is 0 Å². The third kappa shape index (κ3) is 3.71. The minimum absolute atomic E-state index is 0.0217. The minimum atomic E-state index is -0.595. The molecule has 1 saturated carbocycles. The molecule has 1 aliphatic carbocycles. The number of hydrogen-bond donors (Lipinski definition) is 2. The summed E-state index contributed by atoms with van der Waals surface area (Å²) >= 11 is 5.75. The number of nitrogens with zero attached hydrogens (tertiary/aromatic N) is 1. The van der Waals surface area contributed by atoms with Crippen LogP contribution in [0.1, 0.15) is 36.0 Å². The Morgan fingerprint density at radius 1 is 1.43 bits per heavy atom. The molecule has 2 unspecified atom stereocenters. The van der Waals surface area contributed by atoms with Crippen LogP contribution in [0.25, 0.3) is 0 Å². The van der Waals surface area contributed by atoms with Crippen molar-refractivity contribution >= 4 is 23.2 Å². The first-order valence-electron chi connectivity index (χ1n) is 6.97. The number of carbonyl (C=O) groups excluding carboxylic acids is 1. The number of halogens is 1. The van der Waals surface area contributed by atoms with Gasteiger partial charge < -0.3 is 11.1 Å². The predicted octanol–water partition coefficient (Wildman–Crippen LogP) is 2.50. The Hall–Kier alpha value is -1.66. The van der Waals surface area contributed by atoms with Gasteiger partial charge in [-0.25, -0.2) is 0 Å². The Morgan fingerprint density at radius 2 is 2.14 bits per heavy atom. The Morgan fingerprint density at radius 3 is 2.81 bits per heavy atom. The lowest BCUT2D eigenvalue weighted by Gasteiger charge is -2.31. The highest BCUT2D eigenvalue weighted by molar-refractivity contribution is 6.31. The molecule has 1 amide bonds. The van der Waals surface area contributed by atoms with E-state index < -0.39 is 10.8 Å². The largest absolute Gasteiger partial charge is 0.349 e. The van der Waals surface area contributed by atoms with E-state index >= 15 is 0 Å². The van der Waals surface area contributed by atoms with E-state index in [1.54, 1.807) is 0 Å². The van der Waals surface area contributed by atoms with Crippen LogP contribution >= 0.6 is 11.6 Å². The van der Waals surface area contributed by atoms with Crippen LogP contribution < -0.4 is 11.1 Å². The molecular formula is C14H18ClN3O3. The first-order valence-corrected chi connectivity index (χ1v) is 7.35. The maximum absolute atomic E-state index is 12.3. The normalized spacial score (nSPS) is 21.8. The molecule has 0 spiro atoms. The number of nitrogens with one attached hydrogen (secondary N) is 1. The molecule has 21 heavy (non-hydrogen) atoms. The van der Waals surface area contributed by atoms with Gasteiger partial charge in [-0.3, -0.25) is 14.9 Å². The van der Waals surface area contributed by atoms with E-state index in [1.165, 1.54) is 18.2 Å². The Kier molecular flexibility index (Phi) is 5.14. The number of amides is 1. The number of nitro groups is 1. The minimum Gasteiger partial charge on any atom is -0.349 e. The molecule has 2 atom stereocenters. The highest BCUT2D eigenvalue weighted by Crippen LogP contribution is 2.26. The maximum Gasteiger partial charge on any atom is 0.283 e. The molecule has 3 N–H and O–H groups in total. The molecule has 0 aliphatic heterocycles. The molecule has 2 rings (SSSR count).